The molecule has 0 saturated carbocycles. The third-order valence-corrected chi connectivity index (χ3v) is 14.7. The second kappa shape index (κ2) is 14.0. The molecule has 0 aliphatic heterocycles. The first-order chi connectivity index (χ1) is 32.0. The molecule has 306 valence electrons. The second-order valence-corrected chi connectivity index (χ2v) is 18.2. The Hall–Kier alpha value is -8.01. The average Bonchev–Trinajstić information content (AvgIpc) is 3.84. The van der Waals surface area contributed by atoms with E-state index < -0.39 is 10.8 Å². The maximum absolute atomic E-state index is 5.46. The Morgan fingerprint density at radius 3 is 1.08 bits per heavy atom. The Morgan fingerprint density at radius 1 is 0.262 bits per heavy atom. The predicted octanol–water partition coefficient (Wildman–Crippen LogP) is 14.2. The fourth-order valence-electron chi connectivity index (χ4n) is 11.9. The number of hydrogen-bond donors (Lipinski definition) is 0. The van der Waals surface area contributed by atoms with Gasteiger partial charge in [-0.15, -0.1) is 0 Å². The van der Waals surface area contributed by atoms with E-state index in [1.54, 1.807) is 0 Å². The fraction of sp³-hybridized carbons (Fsp3) is 0.0806. The molecule has 0 saturated heterocycles. The Labute approximate surface area is 379 Å². The lowest BCUT2D eigenvalue weighted by Crippen LogP contribution is -2.40. The zero-order valence-corrected chi connectivity index (χ0v) is 36.2. The Morgan fingerprint density at radius 2 is 0.600 bits per heavy atom. The van der Waals surface area contributed by atoms with Gasteiger partial charge in [0, 0.05) is 22.1 Å². The molecule has 3 heteroatoms. The van der Waals surface area contributed by atoms with Gasteiger partial charge in [0.1, 0.15) is 0 Å². The summed E-state index contributed by atoms with van der Waals surface area (Å²) in [5, 5.41) is 0. The quantitative estimate of drug-likeness (QED) is 0.173. The fourth-order valence-corrected chi connectivity index (χ4v) is 11.9. The van der Waals surface area contributed by atoms with Crippen molar-refractivity contribution in [2.75, 3.05) is 0 Å². The molecule has 0 bridgehead atoms. The Balaban J connectivity index is 1.05. The van der Waals surface area contributed by atoms with Gasteiger partial charge in [0.05, 0.1) is 10.8 Å². The summed E-state index contributed by atoms with van der Waals surface area (Å²) in [6.07, 6.45) is 0. The summed E-state index contributed by atoms with van der Waals surface area (Å²) in [6.45, 7) is 4.74. The molecular weight excluding hydrogens is 787 g/mol. The molecule has 0 amide bonds. The molecule has 0 unspecified atom stereocenters. The van der Waals surface area contributed by atoms with Crippen molar-refractivity contribution in [3.05, 3.63) is 280 Å². The van der Waals surface area contributed by atoms with E-state index in [1.807, 2.05) is 6.07 Å². The largest absolute Gasteiger partial charge is 0.208 e. The van der Waals surface area contributed by atoms with Crippen LogP contribution < -0.4 is 0 Å². The van der Waals surface area contributed by atoms with E-state index in [-0.39, 0.29) is 5.41 Å². The van der Waals surface area contributed by atoms with E-state index in [2.05, 4.69) is 232 Å². The van der Waals surface area contributed by atoms with Crippen molar-refractivity contribution >= 4 is 0 Å². The number of fused-ring (bicyclic) bond motifs is 12. The first-order valence-corrected chi connectivity index (χ1v) is 22.6. The van der Waals surface area contributed by atoms with Crippen molar-refractivity contribution in [1.29, 1.82) is 0 Å². The van der Waals surface area contributed by atoms with Crippen molar-refractivity contribution in [3.63, 3.8) is 0 Å². The first kappa shape index (κ1) is 37.5. The summed E-state index contributed by atoms with van der Waals surface area (Å²) in [5.41, 5.74) is 19.4. The number of rotatable bonds is 5. The molecule has 13 rings (SSSR count). The van der Waals surface area contributed by atoms with E-state index >= 15 is 0 Å². The van der Waals surface area contributed by atoms with Gasteiger partial charge < -0.3 is 0 Å². The van der Waals surface area contributed by atoms with Gasteiger partial charge in [-0.05, 0) is 90.0 Å². The maximum atomic E-state index is 5.46. The summed E-state index contributed by atoms with van der Waals surface area (Å²) in [4.78, 5) is 16.1. The summed E-state index contributed by atoms with van der Waals surface area (Å²) < 4.78 is 0. The standard InChI is InChI=1S/C62H43N3/c1-60(2)51-30-16-18-32-53(51)62(54-33-19-17-31-52(54)60)50-29-15-13-27-46(50)48-37-35-42(39-56(48)62)59-64-57(40-20-6-3-7-21-40)63-58(65-59)41-34-36-47-45-26-12-14-28-49(45)61(55(47)38-41,43-22-8-4-9-23-43)44-24-10-5-11-25-44/h3-39H,1-2H3. The van der Waals surface area contributed by atoms with Gasteiger partial charge in [0.15, 0.2) is 17.5 Å². The summed E-state index contributed by atoms with van der Waals surface area (Å²) in [7, 11) is 0. The van der Waals surface area contributed by atoms with Gasteiger partial charge in [-0.2, -0.15) is 0 Å². The van der Waals surface area contributed by atoms with Crippen LogP contribution in [-0.2, 0) is 16.2 Å². The van der Waals surface area contributed by atoms with E-state index in [0.29, 0.717) is 17.5 Å². The molecule has 0 fully saturated rings. The van der Waals surface area contributed by atoms with Gasteiger partial charge in [-0.25, -0.2) is 15.0 Å². The van der Waals surface area contributed by atoms with Gasteiger partial charge in [-0.3, -0.25) is 0 Å². The highest BCUT2D eigenvalue weighted by Gasteiger charge is 2.53. The molecule has 9 aromatic carbocycles. The molecule has 1 spiro atoms. The summed E-state index contributed by atoms with van der Waals surface area (Å²) >= 11 is 0. The van der Waals surface area contributed by atoms with Crippen molar-refractivity contribution in [3.8, 4) is 56.4 Å². The summed E-state index contributed by atoms with van der Waals surface area (Å²) in [5.74, 6) is 1.92. The van der Waals surface area contributed by atoms with Gasteiger partial charge in [0.25, 0.3) is 0 Å². The molecular formula is C62H43N3. The lowest BCUT2D eigenvalue weighted by molar-refractivity contribution is 0.563. The molecule has 3 aliphatic rings. The van der Waals surface area contributed by atoms with Crippen LogP contribution in [0.15, 0.2) is 224 Å². The first-order valence-electron chi connectivity index (χ1n) is 22.6. The van der Waals surface area contributed by atoms with Gasteiger partial charge in [-0.1, -0.05) is 226 Å². The monoisotopic (exact) mass is 829 g/mol. The molecule has 3 aliphatic carbocycles. The topological polar surface area (TPSA) is 38.7 Å². The molecule has 1 heterocycles. The SMILES string of the molecule is CC1(C)c2ccccc2C2(c3ccccc3-c3ccc(-c4nc(-c5ccccc5)nc(-c5ccc6c(c5)C(c5ccccc5)(c5ccccc5)c5ccccc5-6)n4)cc32)c2ccccc21. The number of hydrogen-bond acceptors (Lipinski definition) is 3. The van der Waals surface area contributed by atoms with E-state index in [9.17, 15) is 0 Å². The van der Waals surface area contributed by atoms with Crippen LogP contribution in [0, 0.1) is 0 Å². The smallest absolute Gasteiger partial charge is 0.164 e. The lowest BCUT2D eigenvalue weighted by Gasteiger charge is -2.46. The number of aromatic nitrogens is 3. The molecule has 0 N–H and O–H groups in total. The van der Waals surface area contributed by atoms with Crippen molar-refractivity contribution in [2.45, 2.75) is 30.1 Å². The Kier molecular flexibility index (Phi) is 8.08. The van der Waals surface area contributed by atoms with E-state index in [0.717, 1.165) is 16.7 Å². The predicted molar refractivity (Wildman–Crippen MR) is 263 cm³/mol. The maximum Gasteiger partial charge on any atom is 0.164 e. The third-order valence-electron chi connectivity index (χ3n) is 14.7. The van der Waals surface area contributed by atoms with Crippen molar-refractivity contribution < 1.29 is 0 Å². The molecule has 0 radical (unpaired) electrons. The number of benzene rings is 9. The van der Waals surface area contributed by atoms with Gasteiger partial charge >= 0.3 is 0 Å². The van der Waals surface area contributed by atoms with Gasteiger partial charge in [0.2, 0.25) is 0 Å². The van der Waals surface area contributed by atoms with Crippen LogP contribution in [0.5, 0.6) is 0 Å². The van der Waals surface area contributed by atoms with Crippen LogP contribution in [0.2, 0.25) is 0 Å². The second-order valence-electron chi connectivity index (χ2n) is 18.2. The highest BCUT2D eigenvalue weighted by Crippen LogP contribution is 2.62. The minimum atomic E-state index is -0.549. The highest BCUT2D eigenvalue weighted by atomic mass is 15.0. The molecule has 1 aromatic heterocycles. The van der Waals surface area contributed by atoms with Crippen LogP contribution in [0.3, 0.4) is 0 Å². The highest BCUT2D eigenvalue weighted by molar-refractivity contribution is 5.91. The van der Waals surface area contributed by atoms with E-state index in [4.69, 9.17) is 15.0 Å². The molecule has 0 atom stereocenters. The van der Waals surface area contributed by atoms with Crippen LogP contribution in [-0.4, -0.2) is 15.0 Å². The van der Waals surface area contributed by atoms with Crippen LogP contribution in [0.1, 0.15) is 69.5 Å². The minimum absolute atomic E-state index is 0.183. The Bertz CT molecular complexity index is 3430. The van der Waals surface area contributed by atoms with Crippen LogP contribution >= 0.6 is 0 Å². The zero-order chi connectivity index (χ0) is 43.3. The number of nitrogens with zero attached hydrogens (tertiary/aromatic N) is 3. The molecule has 3 nitrogen and oxygen atoms in total. The minimum Gasteiger partial charge on any atom is -0.208 e. The lowest BCUT2D eigenvalue weighted by atomic mass is 9.55. The normalized spacial score (nSPS) is 15.0. The summed E-state index contributed by atoms with van der Waals surface area (Å²) in [6, 6.07) is 82.0. The van der Waals surface area contributed by atoms with Crippen molar-refractivity contribution in [1.82, 2.24) is 15.0 Å². The molecule has 10 aromatic rings. The zero-order valence-electron chi connectivity index (χ0n) is 36.2. The van der Waals surface area contributed by atoms with Crippen LogP contribution in [0.4, 0.5) is 0 Å². The third kappa shape index (κ3) is 5.15. The molecule has 65 heavy (non-hydrogen) atoms. The van der Waals surface area contributed by atoms with Crippen molar-refractivity contribution in [2.24, 2.45) is 0 Å². The van der Waals surface area contributed by atoms with E-state index in [1.165, 1.54) is 77.9 Å². The van der Waals surface area contributed by atoms with Crippen LogP contribution in [0.25, 0.3) is 56.4 Å². The average molecular weight is 830 g/mol.